The number of aromatic nitrogens is 5. The van der Waals surface area contributed by atoms with Crippen molar-refractivity contribution in [2.75, 3.05) is 24.4 Å². The molecular formula is C23H23N7O6. The van der Waals surface area contributed by atoms with E-state index in [0.29, 0.717) is 5.82 Å². The van der Waals surface area contributed by atoms with Gasteiger partial charge in [-0.15, -0.1) is 0 Å². The molecule has 0 unspecified atom stereocenters. The maximum atomic E-state index is 13.1. The third kappa shape index (κ3) is 4.85. The molecule has 0 saturated carbocycles. The largest absolute Gasteiger partial charge is 0.463 e. The number of fused-ring (bicyclic) bond motifs is 1. The van der Waals surface area contributed by atoms with E-state index in [9.17, 15) is 14.4 Å². The highest BCUT2D eigenvalue weighted by atomic mass is 16.6. The Morgan fingerprint density at radius 2 is 1.97 bits per heavy atom. The molecule has 1 amide bonds. The molecule has 0 spiro atoms. The van der Waals surface area contributed by atoms with Crippen molar-refractivity contribution in [3.63, 3.8) is 0 Å². The number of nitrogens with zero attached hydrogens (tertiary/aromatic N) is 6. The maximum Gasteiger partial charge on any atom is 0.414 e. The minimum Gasteiger partial charge on any atom is -0.463 e. The number of pyridine rings is 2. The Morgan fingerprint density at radius 1 is 1.19 bits per heavy atom. The lowest BCUT2D eigenvalue weighted by Gasteiger charge is -2.25. The standard InChI is InChI=1S/C23H23N7O6/c1-23(2,3)35-22(33)29(4)14-11-15(27-18-17(14)28-36-19(18)21(32)34-5)26-13-7-6-10-30(20(13)31)16-12-24-8-9-25-16/h6-12H,1-5H3,(H,26,27). The zero-order chi connectivity index (χ0) is 26.0. The number of esters is 1. The summed E-state index contributed by atoms with van der Waals surface area (Å²) in [5.41, 5.74) is -0.658. The van der Waals surface area contributed by atoms with Crippen molar-refractivity contribution >= 4 is 40.3 Å². The molecule has 36 heavy (non-hydrogen) atoms. The number of rotatable bonds is 5. The van der Waals surface area contributed by atoms with Gasteiger partial charge in [-0.05, 0) is 32.9 Å². The summed E-state index contributed by atoms with van der Waals surface area (Å²) in [5.74, 6) is -0.611. The lowest BCUT2D eigenvalue weighted by atomic mass is 10.2. The molecular weight excluding hydrogens is 470 g/mol. The summed E-state index contributed by atoms with van der Waals surface area (Å²) in [6, 6.07) is 4.67. The molecule has 0 bridgehead atoms. The van der Waals surface area contributed by atoms with E-state index in [2.05, 4.69) is 25.4 Å². The fourth-order valence-electron chi connectivity index (χ4n) is 3.21. The fraction of sp³-hybridized carbons (Fsp3) is 0.261. The summed E-state index contributed by atoms with van der Waals surface area (Å²) in [4.78, 5) is 51.8. The summed E-state index contributed by atoms with van der Waals surface area (Å²) in [5, 5.41) is 6.85. The highest BCUT2D eigenvalue weighted by Gasteiger charge is 2.27. The van der Waals surface area contributed by atoms with Crippen LogP contribution < -0.4 is 15.8 Å². The zero-order valence-electron chi connectivity index (χ0n) is 20.2. The van der Waals surface area contributed by atoms with Gasteiger partial charge in [-0.3, -0.25) is 19.2 Å². The molecule has 0 fully saturated rings. The molecule has 0 aliphatic rings. The van der Waals surface area contributed by atoms with Gasteiger partial charge in [0.2, 0.25) is 0 Å². The van der Waals surface area contributed by atoms with Crippen molar-refractivity contribution in [3.05, 3.63) is 59.1 Å². The molecule has 0 saturated heterocycles. The average Bonchev–Trinajstić information content (AvgIpc) is 3.27. The molecule has 0 radical (unpaired) electrons. The summed E-state index contributed by atoms with van der Waals surface area (Å²) in [6.07, 6.45) is 5.29. The van der Waals surface area contributed by atoms with Crippen molar-refractivity contribution in [3.8, 4) is 5.82 Å². The molecule has 4 aromatic rings. The van der Waals surface area contributed by atoms with Gasteiger partial charge in [0.05, 0.1) is 19.0 Å². The average molecular weight is 493 g/mol. The number of amides is 1. The van der Waals surface area contributed by atoms with Crippen LogP contribution in [-0.4, -0.2) is 56.5 Å². The fourth-order valence-corrected chi connectivity index (χ4v) is 3.21. The molecule has 0 atom stereocenters. The van der Waals surface area contributed by atoms with Crippen molar-refractivity contribution in [1.29, 1.82) is 0 Å². The molecule has 4 rings (SSSR count). The minimum absolute atomic E-state index is 0.0300. The molecule has 0 aliphatic heterocycles. The van der Waals surface area contributed by atoms with Gasteiger partial charge in [0.1, 0.15) is 22.6 Å². The lowest BCUT2D eigenvalue weighted by molar-refractivity contribution is 0.0554. The van der Waals surface area contributed by atoms with E-state index in [0.717, 1.165) is 0 Å². The van der Waals surface area contributed by atoms with Gasteiger partial charge >= 0.3 is 12.1 Å². The number of anilines is 3. The van der Waals surface area contributed by atoms with Crippen LogP contribution in [0, 0.1) is 0 Å². The van der Waals surface area contributed by atoms with Crippen molar-refractivity contribution < 1.29 is 23.6 Å². The monoisotopic (exact) mass is 493 g/mol. The van der Waals surface area contributed by atoms with Crippen LogP contribution in [0.4, 0.5) is 22.0 Å². The second-order valence-corrected chi connectivity index (χ2v) is 8.55. The summed E-state index contributed by atoms with van der Waals surface area (Å²) in [7, 11) is 2.66. The first-order chi connectivity index (χ1) is 17.1. The number of hydrogen-bond acceptors (Lipinski definition) is 11. The Kier molecular flexibility index (Phi) is 6.38. The number of methoxy groups -OCH3 is 1. The molecule has 4 heterocycles. The molecule has 0 aromatic carbocycles. The van der Waals surface area contributed by atoms with E-state index in [1.807, 2.05) is 0 Å². The second kappa shape index (κ2) is 9.44. The van der Waals surface area contributed by atoms with Crippen LogP contribution in [-0.2, 0) is 9.47 Å². The van der Waals surface area contributed by atoms with E-state index in [4.69, 9.17) is 14.0 Å². The number of ether oxygens (including phenoxy) is 2. The number of carbonyl (C=O) groups excluding carboxylic acids is 2. The third-order valence-electron chi connectivity index (χ3n) is 4.82. The molecule has 13 nitrogen and oxygen atoms in total. The van der Waals surface area contributed by atoms with Crippen LogP contribution in [0.5, 0.6) is 0 Å². The predicted octanol–water partition coefficient (Wildman–Crippen LogP) is 3.07. The molecule has 13 heteroatoms. The van der Waals surface area contributed by atoms with Crippen LogP contribution in [0.15, 0.2) is 52.3 Å². The SMILES string of the molecule is COC(=O)c1onc2c(N(C)C(=O)OC(C)(C)C)cc(Nc3cccn(-c4cnccn4)c3=O)nc12. The first-order valence-corrected chi connectivity index (χ1v) is 10.7. The molecule has 1 N–H and O–H groups in total. The maximum absolute atomic E-state index is 13.1. The van der Waals surface area contributed by atoms with E-state index in [-0.39, 0.29) is 34.0 Å². The topological polar surface area (TPSA) is 155 Å². The van der Waals surface area contributed by atoms with Crippen LogP contribution in [0.1, 0.15) is 31.3 Å². The van der Waals surface area contributed by atoms with Crippen molar-refractivity contribution in [2.45, 2.75) is 26.4 Å². The highest BCUT2D eigenvalue weighted by Crippen LogP contribution is 2.31. The van der Waals surface area contributed by atoms with Gasteiger partial charge in [-0.25, -0.2) is 19.6 Å². The Labute approximate surface area is 204 Å². The first kappa shape index (κ1) is 24.3. The van der Waals surface area contributed by atoms with E-state index >= 15 is 0 Å². The van der Waals surface area contributed by atoms with E-state index in [1.165, 1.54) is 48.3 Å². The lowest BCUT2D eigenvalue weighted by Crippen LogP contribution is -2.34. The smallest absolute Gasteiger partial charge is 0.414 e. The van der Waals surface area contributed by atoms with Gasteiger partial charge in [0.15, 0.2) is 11.3 Å². The van der Waals surface area contributed by atoms with Gasteiger partial charge in [-0.2, -0.15) is 0 Å². The van der Waals surface area contributed by atoms with Crippen LogP contribution in [0.3, 0.4) is 0 Å². The van der Waals surface area contributed by atoms with Gasteiger partial charge in [0.25, 0.3) is 11.3 Å². The Morgan fingerprint density at radius 3 is 2.64 bits per heavy atom. The number of carbonyl (C=O) groups is 2. The number of hydrogen-bond donors (Lipinski definition) is 1. The van der Waals surface area contributed by atoms with Gasteiger partial charge in [0, 0.05) is 31.7 Å². The first-order valence-electron chi connectivity index (χ1n) is 10.7. The van der Waals surface area contributed by atoms with Gasteiger partial charge in [-0.1, -0.05) is 5.16 Å². The van der Waals surface area contributed by atoms with Crippen molar-refractivity contribution in [1.82, 2.24) is 24.7 Å². The molecule has 186 valence electrons. The van der Waals surface area contributed by atoms with Crippen LogP contribution in [0.2, 0.25) is 0 Å². The Hall–Kier alpha value is -4.81. The highest BCUT2D eigenvalue weighted by molar-refractivity contribution is 6.06. The number of nitrogens with one attached hydrogen (secondary N) is 1. The molecule has 4 aromatic heterocycles. The second-order valence-electron chi connectivity index (χ2n) is 8.55. The summed E-state index contributed by atoms with van der Waals surface area (Å²) in [6.45, 7) is 5.20. The van der Waals surface area contributed by atoms with Crippen molar-refractivity contribution in [2.24, 2.45) is 0 Å². The quantitative estimate of drug-likeness (QED) is 0.408. The van der Waals surface area contributed by atoms with E-state index in [1.54, 1.807) is 39.1 Å². The van der Waals surface area contributed by atoms with Gasteiger partial charge < -0.3 is 19.3 Å². The minimum atomic E-state index is -0.808. The Balaban J connectivity index is 1.81. The zero-order valence-corrected chi connectivity index (χ0v) is 20.2. The molecule has 0 aliphatic carbocycles. The summed E-state index contributed by atoms with van der Waals surface area (Å²) >= 11 is 0. The normalized spacial score (nSPS) is 11.2. The predicted molar refractivity (Wildman–Crippen MR) is 129 cm³/mol. The van der Waals surface area contributed by atoms with Crippen LogP contribution >= 0.6 is 0 Å². The Bertz CT molecular complexity index is 1490. The van der Waals surface area contributed by atoms with Crippen LogP contribution in [0.25, 0.3) is 16.9 Å². The third-order valence-corrected chi connectivity index (χ3v) is 4.82. The summed E-state index contributed by atoms with van der Waals surface area (Å²) < 4.78 is 16.7. The van der Waals surface area contributed by atoms with E-state index < -0.39 is 23.2 Å².